The monoisotopic (exact) mass is 293 g/mol. The van der Waals surface area contributed by atoms with Crippen LogP contribution in [0.2, 0.25) is 0 Å². The topological polar surface area (TPSA) is 78.1 Å². The van der Waals surface area contributed by atoms with Crippen molar-refractivity contribution in [2.75, 3.05) is 6.61 Å². The number of rotatable bonds is 5. The first-order chi connectivity index (χ1) is 10.0. The Hall–Kier alpha value is -2.31. The van der Waals surface area contributed by atoms with Gasteiger partial charge in [0.2, 0.25) is 11.7 Å². The summed E-state index contributed by atoms with van der Waals surface area (Å²) in [6, 6.07) is 2.70. The minimum atomic E-state index is -0.633. The third-order valence-corrected chi connectivity index (χ3v) is 2.87. The molecule has 21 heavy (non-hydrogen) atoms. The maximum Gasteiger partial charge on any atom is 0.318 e. The average Bonchev–Trinajstić information content (AvgIpc) is 2.89. The zero-order valence-corrected chi connectivity index (χ0v) is 12.0. The Morgan fingerprint density at radius 2 is 2.19 bits per heavy atom. The first-order valence-corrected chi connectivity index (χ1v) is 6.65. The molecule has 0 fully saturated rings. The van der Waals surface area contributed by atoms with Gasteiger partial charge in [-0.05, 0) is 25.0 Å². The van der Waals surface area contributed by atoms with Crippen molar-refractivity contribution in [2.45, 2.75) is 26.7 Å². The minimum absolute atomic E-state index is 0.0569. The molecule has 1 unspecified atom stereocenters. The van der Waals surface area contributed by atoms with E-state index >= 15 is 0 Å². The Kier molecular flexibility index (Phi) is 4.62. The molecule has 112 valence electrons. The van der Waals surface area contributed by atoms with Crippen LogP contribution in [0.5, 0.6) is 0 Å². The van der Waals surface area contributed by atoms with Crippen LogP contribution in [0.4, 0.5) is 4.39 Å². The number of carbonyl (C=O) groups excluding carboxylic acids is 1. The first-order valence-electron chi connectivity index (χ1n) is 6.65. The van der Waals surface area contributed by atoms with Gasteiger partial charge in [-0.25, -0.2) is 9.37 Å². The molecular weight excluding hydrogens is 277 g/mol. The van der Waals surface area contributed by atoms with Crippen LogP contribution in [0.15, 0.2) is 22.9 Å². The van der Waals surface area contributed by atoms with Crippen LogP contribution >= 0.6 is 0 Å². The maximum atomic E-state index is 12.8. The highest BCUT2D eigenvalue weighted by molar-refractivity contribution is 5.77. The number of carbonyl (C=O) groups is 1. The lowest BCUT2D eigenvalue weighted by molar-refractivity contribution is -0.146. The van der Waals surface area contributed by atoms with E-state index in [9.17, 15) is 9.18 Å². The molecule has 2 aromatic heterocycles. The number of hydrogen-bond donors (Lipinski definition) is 0. The molecule has 0 aliphatic heterocycles. The summed E-state index contributed by atoms with van der Waals surface area (Å²) >= 11 is 0. The fourth-order valence-corrected chi connectivity index (χ4v) is 1.86. The maximum absolute atomic E-state index is 12.8. The molecule has 0 aromatic carbocycles. The molecule has 7 heteroatoms. The molecule has 0 N–H and O–H groups in total. The summed E-state index contributed by atoms with van der Waals surface area (Å²) in [5.41, 5.74) is 0.373. The fraction of sp³-hybridized carbons (Fsp3) is 0.429. The van der Waals surface area contributed by atoms with E-state index in [4.69, 9.17) is 9.26 Å². The van der Waals surface area contributed by atoms with Crippen LogP contribution in [-0.2, 0) is 9.53 Å². The highest BCUT2D eigenvalue weighted by atomic mass is 19.1. The summed E-state index contributed by atoms with van der Waals surface area (Å²) in [4.78, 5) is 20.0. The van der Waals surface area contributed by atoms with Gasteiger partial charge in [0.25, 0.3) is 0 Å². The van der Waals surface area contributed by atoms with Crippen LogP contribution in [0.3, 0.4) is 0 Å². The molecule has 2 heterocycles. The lowest BCUT2D eigenvalue weighted by Gasteiger charge is -2.14. The molecule has 1 atom stereocenters. The molecule has 0 aliphatic rings. The van der Waals surface area contributed by atoms with Gasteiger partial charge in [-0.15, -0.1) is 0 Å². The number of halogens is 1. The Labute approximate surface area is 121 Å². The number of esters is 1. The van der Waals surface area contributed by atoms with Crippen molar-refractivity contribution in [2.24, 2.45) is 5.92 Å². The van der Waals surface area contributed by atoms with Crippen LogP contribution in [0.25, 0.3) is 11.5 Å². The van der Waals surface area contributed by atoms with Crippen molar-refractivity contribution >= 4 is 5.97 Å². The second-order valence-corrected chi connectivity index (χ2v) is 4.79. The Bertz CT molecular complexity index is 610. The van der Waals surface area contributed by atoms with E-state index < -0.39 is 17.7 Å². The highest BCUT2D eigenvalue weighted by Crippen LogP contribution is 2.26. The quantitative estimate of drug-likeness (QED) is 0.788. The van der Waals surface area contributed by atoms with E-state index in [1.54, 1.807) is 6.92 Å². The number of hydrogen-bond acceptors (Lipinski definition) is 6. The van der Waals surface area contributed by atoms with Gasteiger partial charge in [0.05, 0.1) is 12.8 Å². The molecule has 2 aromatic rings. The smallest absolute Gasteiger partial charge is 0.318 e. The van der Waals surface area contributed by atoms with Gasteiger partial charge in [0, 0.05) is 0 Å². The van der Waals surface area contributed by atoms with Gasteiger partial charge < -0.3 is 9.26 Å². The number of ether oxygens (including phenoxy) is 1. The predicted octanol–water partition coefficient (Wildman–Crippen LogP) is 2.57. The second kappa shape index (κ2) is 6.43. The number of pyridine rings is 1. The molecule has 6 nitrogen and oxygen atoms in total. The molecular formula is C14H16FN3O3. The van der Waals surface area contributed by atoms with E-state index in [1.807, 2.05) is 13.8 Å². The summed E-state index contributed by atoms with van der Waals surface area (Å²) in [7, 11) is 0. The molecule has 0 saturated heterocycles. The number of aromatic nitrogens is 3. The van der Waals surface area contributed by atoms with Crippen LogP contribution in [0, 0.1) is 11.7 Å². The van der Waals surface area contributed by atoms with Crippen molar-refractivity contribution in [1.29, 1.82) is 0 Å². The van der Waals surface area contributed by atoms with Crippen molar-refractivity contribution in [3.05, 3.63) is 30.0 Å². The van der Waals surface area contributed by atoms with Crippen molar-refractivity contribution in [3.63, 3.8) is 0 Å². The van der Waals surface area contributed by atoms with E-state index in [-0.39, 0.29) is 24.2 Å². The average molecular weight is 293 g/mol. The number of nitrogens with zero attached hydrogens (tertiary/aromatic N) is 3. The zero-order chi connectivity index (χ0) is 15.4. The molecule has 0 amide bonds. The van der Waals surface area contributed by atoms with E-state index in [0.717, 1.165) is 6.20 Å². The second-order valence-electron chi connectivity index (χ2n) is 4.79. The van der Waals surface area contributed by atoms with E-state index in [0.29, 0.717) is 5.69 Å². The van der Waals surface area contributed by atoms with Gasteiger partial charge in [0.1, 0.15) is 17.4 Å². The van der Waals surface area contributed by atoms with Gasteiger partial charge in [-0.1, -0.05) is 19.0 Å². The summed E-state index contributed by atoms with van der Waals surface area (Å²) in [5.74, 6) is -1.17. The van der Waals surface area contributed by atoms with Gasteiger partial charge in [0.15, 0.2) is 0 Å². The summed E-state index contributed by atoms with van der Waals surface area (Å²) in [6.45, 7) is 5.74. The van der Waals surface area contributed by atoms with Crippen molar-refractivity contribution < 1.29 is 18.4 Å². The molecule has 0 radical (unpaired) electrons. The first kappa shape index (κ1) is 15.1. The summed E-state index contributed by atoms with van der Waals surface area (Å²) < 4.78 is 23.0. The Morgan fingerprint density at radius 1 is 1.43 bits per heavy atom. The molecule has 0 saturated carbocycles. The predicted molar refractivity (Wildman–Crippen MR) is 71.7 cm³/mol. The molecule has 0 spiro atoms. The minimum Gasteiger partial charge on any atom is -0.465 e. The van der Waals surface area contributed by atoms with E-state index in [1.165, 1.54) is 12.1 Å². The Morgan fingerprint density at radius 3 is 2.76 bits per heavy atom. The van der Waals surface area contributed by atoms with Gasteiger partial charge in [-0.2, -0.15) is 4.98 Å². The lowest BCUT2D eigenvalue weighted by Crippen LogP contribution is -2.21. The Balaban J connectivity index is 2.28. The van der Waals surface area contributed by atoms with Gasteiger partial charge >= 0.3 is 5.97 Å². The largest absolute Gasteiger partial charge is 0.465 e. The lowest BCUT2D eigenvalue weighted by atomic mass is 9.96. The van der Waals surface area contributed by atoms with Crippen molar-refractivity contribution in [3.8, 4) is 11.5 Å². The third-order valence-electron chi connectivity index (χ3n) is 2.87. The van der Waals surface area contributed by atoms with Crippen molar-refractivity contribution in [1.82, 2.24) is 15.1 Å². The standard InChI is InChI=1S/C14H16FN3O3/c1-4-20-14(19)11(8(2)3)13-17-12(18-21-13)10-6-5-9(15)7-16-10/h5-8,11H,4H2,1-3H3. The van der Waals surface area contributed by atoms with Crippen LogP contribution in [-0.4, -0.2) is 27.7 Å². The zero-order valence-electron chi connectivity index (χ0n) is 12.0. The van der Waals surface area contributed by atoms with E-state index in [2.05, 4.69) is 15.1 Å². The normalized spacial score (nSPS) is 12.4. The summed E-state index contributed by atoms with van der Waals surface area (Å²) in [6.07, 6.45) is 1.07. The molecule has 0 bridgehead atoms. The van der Waals surface area contributed by atoms with Gasteiger partial charge in [-0.3, -0.25) is 4.79 Å². The van der Waals surface area contributed by atoms with Crippen LogP contribution in [0.1, 0.15) is 32.6 Å². The third kappa shape index (κ3) is 3.42. The molecule has 0 aliphatic carbocycles. The highest BCUT2D eigenvalue weighted by Gasteiger charge is 2.31. The molecule has 2 rings (SSSR count). The SMILES string of the molecule is CCOC(=O)C(c1nc(-c2ccc(F)cn2)no1)C(C)C. The fourth-order valence-electron chi connectivity index (χ4n) is 1.86. The van der Waals surface area contributed by atoms with Crippen LogP contribution < -0.4 is 0 Å². The summed E-state index contributed by atoms with van der Waals surface area (Å²) in [5, 5.41) is 3.78.